The van der Waals surface area contributed by atoms with E-state index >= 15 is 0 Å². The van der Waals surface area contributed by atoms with Gasteiger partial charge in [0.1, 0.15) is 11.9 Å². The Labute approximate surface area is 136 Å². The Hall–Kier alpha value is -0.800. The summed E-state index contributed by atoms with van der Waals surface area (Å²) in [5.74, 6) is 2.34. The molecule has 0 spiro atoms. The number of rotatable bonds is 2. The van der Waals surface area contributed by atoms with Crippen LogP contribution in [0.2, 0.25) is 0 Å². The molecule has 0 saturated heterocycles. The summed E-state index contributed by atoms with van der Waals surface area (Å²) in [6, 6.07) is 6.78. The van der Waals surface area contributed by atoms with Crippen molar-refractivity contribution in [3.8, 4) is 5.75 Å². The number of ether oxygens (including phenoxy) is 1. The lowest BCUT2D eigenvalue weighted by atomic mass is 9.77. The van der Waals surface area contributed by atoms with Crippen molar-refractivity contribution in [2.24, 2.45) is 11.8 Å². The van der Waals surface area contributed by atoms with E-state index in [4.69, 9.17) is 4.74 Å². The first-order valence-electron chi connectivity index (χ1n) is 7.87. The molecular formula is C18H24BrNO. The molecule has 1 aliphatic carbocycles. The van der Waals surface area contributed by atoms with Crippen molar-refractivity contribution in [3.05, 3.63) is 39.9 Å². The third-order valence-electron chi connectivity index (χ3n) is 4.80. The van der Waals surface area contributed by atoms with Crippen molar-refractivity contribution >= 4 is 15.9 Å². The van der Waals surface area contributed by atoms with Gasteiger partial charge in [-0.15, -0.1) is 0 Å². The number of fused-ring (bicyclic) bond motifs is 1. The highest BCUT2D eigenvalue weighted by Gasteiger charge is 2.34. The number of hydrogen-bond donors (Lipinski definition) is 1. The van der Waals surface area contributed by atoms with Gasteiger partial charge in [0.15, 0.2) is 0 Å². The fourth-order valence-corrected chi connectivity index (χ4v) is 4.25. The van der Waals surface area contributed by atoms with Crippen molar-refractivity contribution in [1.82, 2.24) is 5.32 Å². The molecule has 114 valence electrons. The average molecular weight is 350 g/mol. The van der Waals surface area contributed by atoms with Crippen molar-refractivity contribution in [1.29, 1.82) is 0 Å². The van der Waals surface area contributed by atoms with Gasteiger partial charge in [-0.05, 0) is 44.9 Å². The summed E-state index contributed by atoms with van der Waals surface area (Å²) in [7, 11) is 2.05. The second-order valence-electron chi connectivity index (χ2n) is 6.61. The van der Waals surface area contributed by atoms with Crippen LogP contribution in [0.1, 0.15) is 44.7 Å². The van der Waals surface area contributed by atoms with E-state index in [1.54, 1.807) is 0 Å². The minimum absolute atomic E-state index is 0.315. The molecule has 21 heavy (non-hydrogen) atoms. The van der Waals surface area contributed by atoms with E-state index in [0.29, 0.717) is 24.0 Å². The molecular weight excluding hydrogens is 326 g/mol. The molecule has 1 heterocycles. The second-order valence-corrected chi connectivity index (χ2v) is 7.52. The molecule has 1 N–H and O–H groups in total. The zero-order valence-corrected chi connectivity index (χ0v) is 14.6. The van der Waals surface area contributed by atoms with Gasteiger partial charge in [-0.1, -0.05) is 40.6 Å². The van der Waals surface area contributed by atoms with Gasteiger partial charge in [0.25, 0.3) is 0 Å². The van der Waals surface area contributed by atoms with Gasteiger partial charge in [-0.25, -0.2) is 0 Å². The van der Waals surface area contributed by atoms with E-state index in [-0.39, 0.29) is 0 Å². The van der Waals surface area contributed by atoms with Crippen LogP contribution >= 0.6 is 15.9 Å². The summed E-state index contributed by atoms with van der Waals surface area (Å²) in [6.07, 6.45) is 6.21. The first kappa shape index (κ1) is 15.1. The molecule has 4 atom stereocenters. The van der Waals surface area contributed by atoms with E-state index in [1.807, 2.05) is 7.05 Å². The molecule has 0 saturated carbocycles. The molecule has 2 nitrogen and oxygen atoms in total. The number of allylic oxidation sites excluding steroid dienone is 2. The number of hydrogen-bond acceptors (Lipinski definition) is 2. The van der Waals surface area contributed by atoms with Crippen LogP contribution in [0.4, 0.5) is 0 Å². The third kappa shape index (κ3) is 3.19. The van der Waals surface area contributed by atoms with Crippen molar-refractivity contribution < 1.29 is 4.74 Å². The van der Waals surface area contributed by atoms with Gasteiger partial charge in [-0.2, -0.15) is 0 Å². The highest BCUT2D eigenvalue weighted by molar-refractivity contribution is 9.10. The standard InChI is InChI=1S/C18H24BrNO/c1-11-6-12(2)8-13(7-11)17-10-16(20-3)15-5-4-14(19)9-18(15)21-17/h4-6,9,11,13,16-17,20H,7-8,10H2,1-3H3. The Morgan fingerprint density at radius 3 is 2.81 bits per heavy atom. The summed E-state index contributed by atoms with van der Waals surface area (Å²) in [5.41, 5.74) is 2.80. The average Bonchev–Trinajstić information content (AvgIpc) is 2.44. The van der Waals surface area contributed by atoms with Crippen LogP contribution in [0.15, 0.2) is 34.3 Å². The molecule has 0 fully saturated rings. The van der Waals surface area contributed by atoms with Crippen LogP contribution < -0.4 is 10.1 Å². The zero-order chi connectivity index (χ0) is 15.0. The Morgan fingerprint density at radius 2 is 2.10 bits per heavy atom. The maximum Gasteiger partial charge on any atom is 0.125 e. The van der Waals surface area contributed by atoms with Gasteiger partial charge in [-0.3, -0.25) is 0 Å². The van der Waals surface area contributed by atoms with Gasteiger partial charge in [0.2, 0.25) is 0 Å². The molecule has 0 amide bonds. The maximum atomic E-state index is 6.38. The van der Waals surface area contributed by atoms with Crippen molar-refractivity contribution in [3.63, 3.8) is 0 Å². The quantitative estimate of drug-likeness (QED) is 0.770. The molecule has 3 rings (SSSR count). The SMILES string of the molecule is CNC1CC(C2CC(C)=CC(C)C2)Oc2cc(Br)ccc21. The van der Waals surface area contributed by atoms with E-state index in [9.17, 15) is 0 Å². The van der Waals surface area contributed by atoms with E-state index in [0.717, 1.165) is 16.6 Å². The monoisotopic (exact) mass is 349 g/mol. The molecule has 2 aliphatic rings. The Kier molecular flexibility index (Phi) is 4.41. The van der Waals surface area contributed by atoms with E-state index in [2.05, 4.69) is 59.4 Å². The van der Waals surface area contributed by atoms with Gasteiger partial charge in [0.05, 0.1) is 0 Å². The maximum absolute atomic E-state index is 6.38. The van der Waals surface area contributed by atoms with E-state index in [1.165, 1.54) is 24.0 Å². The summed E-state index contributed by atoms with van der Waals surface area (Å²) in [5, 5.41) is 3.46. The Balaban J connectivity index is 1.85. The normalized spacial score (nSPS) is 32.1. The van der Waals surface area contributed by atoms with Crippen LogP contribution in [0.25, 0.3) is 0 Å². The molecule has 1 aromatic carbocycles. The highest BCUT2D eigenvalue weighted by Crippen LogP contribution is 2.42. The smallest absolute Gasteiger partial charge is 0.125 e. The molecule has 1 aromatic rings. The van der Waals surface area contributed by atoms with Gasteiger partial charge in [0, 0.05) is 28.4 Å². The molecule has 0 aromatic heterocycles. The number of halogens is 1. The minimum Gasteiger partial charge on any atom is -0.490 e. The summed E-state index contributed by atoms with van der Waals surface area (Å²) in [6.45, 7) is 4.57. The lowest BCUT2D eigenvalue weighted by Gasteiger charge is -2.38. The Morgan fingerprint density at radius 1 is 1.29 bits per heavy atom. The Bertz CT molecular complexity index is 554. The van der Waals surface area contributed by atoms with Crippen LogP contribution in [-0.4, -0.2) is 13.2 Å². The predicted octanol–water partition coefficient (Wildman–Crippen LogP) is 4.85. The third-order valence-corrected chi connectivity index (χ3v) is 5.29. The molecule has 0 radical (unpaired) electrons. The number of nitrogens with one attached hydrogen (secondary N) is 1. The summed E-state index contributed by atoms with van der Waals surface area (Å²) < 4.78 is 7.47. The molecule has 0 bridgehead atoms. The summed E-state index contributed by atoms with van der Waals surface area (Å²) in [4.78, 5) is 0. The van der Waals surface area contributed by atoms with Crippen molar-refractivity contribution in [2.45, 2.75) is 45.3 Å². The first-order valence-corrected chi connectivity index (χ1v) is 8.66. The van der Waals surface area contributed by atoms with Crippen LogP contribution in [0.5, 0.6) is 5.75 Å². The fourth-order valence-electron chi connectivity index (χ4n) is 3.91. The lowest BCUT2D eigenvalue weighted by molar-refractivity contribution is 0.0810. The molecule has 3 heteroatoms. The van der Waals surface area contributed by atoms with E-state index < -0.39 is 0 Å². The minimum atomic E-state index is 0.315. The summed E-state index contributed by atoms with van der Waals surface area (Å²) >= 11 is 3.56. The van der Waals surface area contributed by atoms with Gasteiger partial charge < -0.3 is 10.1 Å². The van der Waals surface area contributed by atoms with Crippen LogP contribution in [0, 0.1) is 11.8 Å². The fraction of sp³-hybridized carbons (Fsp3) is 0.556. The van der Waals surface area contributed by atoms with Crippen LogP contribution in [0.3, 0.4) is 0 Å². The largest absolute Gasteiger partial charge is 0.490 e. The lowest BCUT2D eigenvalue weighted by Crippen LogP contribution is -2.38. The van der Waals surface area contributed by atoms with Crippen LogP contribution in [-0.2, 0) is 0 Å². The van der Waals surface area contributed by atoms with Gasteiger partial charge >= 0.3 is 0 Å². The molecule has 4 unspecified atom stereocenters. The number of benzene rings is 1. The second kappa shape index (κ2) is 6.13. The zero-order valence-electron chi connectivity index (χ0n) is 13.0. The highest BCUT2D eigenvalue weighted by atomic mass is 79.9. The van der Waals surface area contributed by atoms with Crippen molar-refractivity contribution in [2.75, 3.05) is 7.05 Å². The molecule has 1 aliphatic heterocycles. The predicted molar refractivity (Wildman–Crippen MR) is 90.6 cm³/mol. The first-order chi connectivity index (χ1) is 10.1. The topological polar surface area (TPSA) is 21.3 Å².